The van der Waals surface area contributed by atoms with Crippen LogP contribution in [0.15, 0.2) is 5.16 Å². The van der Waals surface area contributed by atoms with Crippen molar-refractivity contribution in [3.63, 3.8) is 0 Å². The fraction of sp³-hybridized carbons (Fsp3) is 0.833. The maximum absolute atomic E-state index is 4.97. The minimum absolute atomic E-state index is 0.419. The minimum atomic E-state index is 0.419. The molecule has 0 aliphatic carbocycles. The van der Waals surface area contributed by atoms with Gasteiger partial charge in [-0.2, -0.15) is 0 Å². The second kappa shape index (κ2) is 3.83. The van der Waals surface area contributed by atoms with Crippen molar-refractivity contribution in [3.8, 4) is 0 Å². The summed E-state index contributed by atoms with van der Waals surface area (Å²) in [7, 11) is 1.70. The SMILES string of the molecule is COCC1CON=C(C)S1. The number of thioether (sulfide) groups is 1. The maximum atomic E-state index is 4.97. The van der Waals surface area contributed by atoms with Crippen LogP contribution in [0.2, 0.25) is 0 Å². The molecule has 0 saturated heterocycles. The van der Waals surface area contributed by atoms with Crippen molar-refractivity contribution >= 4 is 16.8 Å². The highest BCUT2D eigenvalue weighted by molar-refractivity contribution is 8.14. The Kier molecular flexibility index (Phi) is 3.02. The Balaban J connectivity index is 2.30. The van der Waals surface area contributed by atoms with Crippen LogP contribution in [0.5, 0.6) is 0 Å². The molecule has 0 radical (unpaired) electrons. The van der Waals surface area contributed by atoms with E-state index in [0.717, 1.165) is 11.7 Å². The van der Waals surface area contributed by atoms with Gasteiger partial charge in [0.15, 0.2) is 0 Å². The molecule has 0 aromatic carbocycles. The van der Waals surface area contributed by atoms with Gasteiger partial charge in [0.05, 0.1) is 11.9 Å². The van der Waals surface area contributed by atoms with Gasteiger partial charge in [0.25, 0.3) is 0 Å². The van der Waals surface area contributed by atoms with Gasteiger partial charge in [0.2, 0.25) is 0 Å². The summed E-state index contributed by atoms with van der Waals surface area (Å²) in [6, 6.07) is 0. The lowest BCUT2D eigenvalue weighted by Gasteiger charge is -2.17. The molecule has 10 heavy (non-hydrogen) atoms. The van der Waals surface area contributed by atoms with E-state index >= 15 is 0 Å². The molecule has 0 amide bonds. The van der Waals surface area contributed by atoms with Gasteiger partial charge >= 0.3 is 0 Å². The van der Waals surface area contributed by atoms with Crippen molar-refractivity contribution in [1.29, 1.82) is 0 Å². The van der Waals surface area contributed by atoms with Crippen molar-refractivity contribution < 1.29 is 9.57 Å². The first kappa shape index (κ1) is 7.88. The van der Waals surface area contributed by atoms with E-state index in [1.165, 1.54) is 0 Å². The van der Waals surface area contributed by atoms with Gasteiger partial charge < -0.3 is 9.57 Å². The second-order valence-electron chi connectivity index (χ2n) is 2.10. The molecule has 3 nitrogen and oxygen atoms in total. The van der Waals surface area contributed by atoms with Crippen LogP contribution in [0.25, 0.3) is 0 Å². The van der Waals surface area contributed by atoms with Gasteiger partial charge in [0.1, 0.15) is 11.7 Å². The van der Waals surface area contributed by atoms with Crippen LogP contribution in [0, 0.1) is 0 Å². The first-order chi connectivity index (χ1) is 4.83. The molecule has 0 aromatic heterocycles. The highest BCUT2D eigenvalue weighted by Gasteiger charge is 2.15. The monoisotopic (exact) mass is 161 g/mol. The number of oxime groups is 1. The third kappa shape index (κ3) is 2.19. The van der Waals surface area contributed by atoms with Crippen molar-refractivity contribution in [2.75, 3.05) is 20.3 Å². The topological polar surface area (TPSA) is 30.8 Å². The number of nitrogens with zero attached hydrogens (tertiary/aromatic N) is 1. The average Bonchev–Trinajstić information content (AvgIpc) is 1.88. The molecular formula is C6H11NO2S. The zero-order chi connectivity index (χ0) is 7.40. The summed E-state index contributed by atoms with van der Waals surface area (Å²) in [6.07, 6.45) is 0. The number of ether oxygens (including phenoxy) is 1. The molecule has 1 aliphatic rings. The van der Waals surface area contributed by atoms with Crippen molar-refractivity contribution in [3.05, 3.63) is 0 Å². The van der Waals surface area contributed by atoms with E-state index in [1.54, 1.807) is 18.9 Å². The van der Waals surface area contributed by atoms with Crippen LogP contribution in [-0.2, 0) is 9.57 Å². The number of hydrogen-bond donors (Lipinski definition) is 0. The summed E-state index contributed by atoms with van der Waals surface area (Å²) in [5, 5.41) is 5.19. The van der Waals surface area contributed by atoms with Crippen molar-refractivity contribution in [1.82, 2.24) is 0 Å². The van der Waals surface area contributed by atoms with Crippen molar-refractivity contribution in [2.24, 2.45) is 5.16 Å². The fourth-order valence-corrected chi connectivity index (χ4v) is 1.69. The van der Waals surface area contributed by atoms with Crippen molar-refractivity contribution in [2.45, 2.75) is 12.2 Å². The summed E-state index contributed by atoms with van der Waals surface area (Å²) in [4.78, 5) is 4.93. The van der Waals surface area contributed by atoms with Gasteiger partial charge in [-0.05, 0) is 6.92 Å². The van der Waals surface area contributed by atoms with E-state index in [-0.39, 0.29) is 0 Å². The second-order valence-corrected chi connectivity index (χ2v) is 3.59. The molecule has 58 valence electrons. The number of methoxy groups -OCH3 is 1. The molecule has 1 heterocycles. The van der Waals surface area contributed by atoms with Gasteiger partial charge in [0, 0.05) is 7.11 Å². The molecule has 0 N–H and O–H groups in total. The first-order valence-electron chi connectivity index (χ1n) is 3.15. The lowest BCUT2D eigenvalue weighted by Crippen LogP contribution is -2.21. The van der Waals surface area contributed by atoms with Gasteiger partial charge in [-0.25, -0.2) is 0 Å². The summed E-state index contributed by atoms with van der Waals surface area (Å²) in [6.45, 7) is 3.33. The third-order valence-corrected chi connectivity index (χ3v) is 2.16. The molecule has 0 spiro atoms. The van der Waals surface area contributed by atoms with Crippen LogP contribution >= 0.6 is 11.8 Å². The number of hydrogen-bond acceptors (Lipinski definition) is 4. The Bertz CT molecular complexity index is 138. The largest absolute Gasteiger partial charge is 0.394 e. The summed E-state index contributed by atoms with van der Waals surface area (Å²) in [5.74, 6) is 0. The molecule has 1 rings (SSSR count). The van der Waals surface area contributed by atoms with Gasteiger partial charge in [-0.3, -0.25) is 0 Å². The average molecular weight is 161 g/mol. The van der Waals surface area contributed by atoms with E-state index < -0.39 is 0 Å². The fourth-order valence-electron chi connectivity index (χ4n) is 0.776. The molecule has 0 bridgehead atoms. The van der Waals surface area contributed by atoms with E-state index in [9.17, 15) is 0 Å². The normalized spacial score (nSPS) is 25.4. The van der Waals surface area contributed by atoms with E-state index in [4.69, 9.17) is 9.57 Å². The lowest BCUT2D eigenvalue weighted by molar-refractivity contribution is 0.112. The third-order valence-electron chi connectivity index (χ3n) is 1.14. The maximum Gasteiger partial charge on any atom is 0.131 e. The van der Waals surface area contributed by atoms with E-state index in [2.05, 4.69) is 5.16 Å². The van der Waals surface area contributed by atoms with Crippen LogP contribution in [0.3, 0.4) is 0 Å². The Labute approximate surface area is 64.8 Å². The smallest absolute Gasteiger partial charge is 0.131 e. The van der Waals surface area contributed by atoms with E-state index in [1.807, 2.05) is 6.92 Å². The highest BCUT2D eigenvalue weighted by Crippen LogP contribution is 2.18. The van der Waals surface area contributed by atoms with Gasteiger partial charge in [-0.1, -0.05) is 16.9 Å². The Morgan fingerprint density at radius 1 is 1.90 bits per heavy atom. The molecule has 4 heteroatoms. The standard InChI is InChI=1S/C6H11NO2S/c1-5-7-9-4-6(10-5)3-8-2/h6H,3-4H2,1-2H3. The lowest BCUT2D eigenvalue weighted by atomic mass is 10.5. The highest BCUT2D eigenvalue weighted by atomic mass is 32.2. The molecule has 0 fully saturated rings. The number of rotatable bonds is 2. The van der Waals surface area contributed by atoms with Gasteiger partial charge in [-0.15, -0.1) is 0 Å². The first-order valence-corrected chi connectivity index (χ1v) is 4.03. The molecule has 1 unspecified atom stereocenters. The molecule has 0 saturated carbocycles. The Morgan fingerprint density at radius 2 is 2.70 bits per heavy atom. The Hall–Kier alpha value is -0.220. The van der Waals surface area contributed by atoms with Crippen LogP contribution in [-0.4, -0.2) is 30.6 Å². The Morgan fingerprint density at radius 3 is 3.30 bits per heavy atom. The zero-order valence-electron chi connectivity index (χ0n) is 6.16. The zero-order valence-corrected chi connectivity index (χ0v) is 6.98. The molecule has 1 aliphatic heterocycles. The predicted molar refractivity (Wildman–Crippen MR) is 42.3 cm³/mol. The molecular weight excluding hydrogens is 150 g/mol. The quantitative estimate of drug-likeness (QED) is 0.607. The minimum Gasteiger partial charge on any atom is -0.394 e. The van der Waals surface area contributed by atoms with Crippen LogP contribution in [0.1, 0.15) is 6.92 Å². The van der Waals surface area contributed by atoms with Crippen LogP contribution < -0.4 is 0 Å². The predicted octanol–water partition coefficient (Wildman–Crippen LogP) is 1.10. The molecule has 1 atom stereocenters. The van der Waals surface area contributed by atoms with E-state index in [0.29, 0.717) is 11.9 Å². The summed E-state index contributed by atoms with van der Waals surface area (Å²) >= 11 is 1.71. The summed E-state index contributed by atoms with van der Waals surface area (Å²) in [5.41, 5.74) is 0. The summed E-state index contributed by atoms with van der Waals surface area (Å²) < 4.78 is 4.97. The van der Waals surface area contributed by atoms with Crippen LogP contribution in [0.4, 0.5) is 0 Å². The molecule has 0 aromatic rings.